The maximum atomic E-state index is 13.3. The van der Waals surface area contributed by atoms with Crippen LogP contribution >= 0.6 is 0 Å². The molecule has 1 rings (SSSR count). The van der Waals surface area contributed by atoms with Gasteiger partial charge in [-0.25, -0.2) is 4.39 Å². The first-order chi connectivity index (χ1) is 9.65. The van der Waals surface area contributed by atoms with Crippen molar-refractivity contribution in [2.24, 2.45) is 0 Å². The first-order valence-corrected chi connectivity index (χ1v) is 8.90. The topological polar surface area (TPSA) is 43.1 Å². The number of halogens is 1. The summed E-state index contributed by atoms with van der Waals surface area (Å²) in [6.45, 7) is 2.22. The highest BCUT2D eigenvalue weighted by molar-refractivity contribution is 7.85. The summed E-state index contributed by atoms with van der Waals surface area (Å²) in [4.78, 5) is 0.541. The van der Waals surface area contributed by atoms with Crippen LogP contribution < -0.4 is 5.73 Å². The molecule has 0 fully saturated rings. The molecule has 0 spiro atoms. The Kier molecular flexibility index (Phi) is 8.51. The Morgan fingerprint density at radius 2 is 1.65 bits per heavy atom. The van der Waals surface area contributed by atoms with Crippen molar-refractivity contribution in [2.75, 3.05) is 11.5 Å². The number of benzene rings is 1. The molecule has 0 saturated carbocycles. The minimum atomic E-state index is -1.11. The Balaban J connectivity index is 2.15. The van der Waals surface area contributed by atoms with E-state index >= 15 is 0 Å². The van der Waals surface area contributed by atoms with E-state index in [1.54, 1.807) is 6.07 Å². The minimum absolute atomic E-state index is 0.109. The number of anilines is 1. The van der Waals surface area contributed by atoms with Crippen LogP contribution in [0.1, 0.15) is 58.3 Å². The highest BCUT2D eigenvalue weighted by atomic mass is 32.2. The van der Waals surface area contributed by atoms with Crippen LogP contribution in [0, 0.1) is 5.82 Å². The first-order valence-electron chi connectivity index (χ1n) is 7.58. The Hall–Kier alpha value is -0.900. The van der Waals surface area contributed by atoms with Gasteiger partial charge in [-0.15, -0.1) is 0 Å². The third-order valence-corrected chi connectivity index (χ3v) is 4.86. The van der Waals surface area contributed by atoms with Crippen LogP contribution in [0.2, 0.25) is 0 Å². The fourth-order valence-electron chi connectivity index (χ4n) is 2.13. The van der Waals surface area contributed by atoms with Crippen LogP contribution in [0.4, 0.5) is 10.1 Å². The smallest absolute Gasteiger partial charge is 0.147 e. The van der Waals surface area contributed by atoms with Gasteiger partial charge in [0, 0.05) is 10.6 Å². The predicted molar refractivity (Wildman–Crippen MR) is 84.7 cm³/mol. The molecule has 0 saturated heterocycles. The van der Waals surface area contributed by atoms with E-state index in [0.717, 1.165) is 12.8 Å². The number of rotatable bonds is 10. The van der Waals surface area contributed by atoms with Crippen LogP contribution in [0.15, 0.2) is 23.1 Å². The summed E-state index contributed by atoms with van der Waals surface area (Å²) in [5.74, 6) is 0.130. The van der Waals surface area contributed by atoms with E-state index in [9.17, 15) is 8.60 Å². The minimum Gasteiger partial charge on any atom is -0.396 e. The second-order valence-corrected chi connectivity index (χ2v) is 6.78. The molecular formula is C16H26FNOS. The number of hydrogen-bond donors (Lipinski definition) is 1. The van der Waals surface area contributed by atoms with Crippen molar-refractivity contribution in [1.82, 2.24) is 0 Å². The van der Waals surface area contributed by atoms with Crippen LogP contribution in [-0.4, -0.2) is 9.96 Å². The lowest BCUT2D eigenvalue weighted by Gasteiger charge is -2.04. The van der Waals surface area contributed by atoms with Gasteiger partial charge in [-0.1, -0.05) is 51.9 Å². The zero-order valence-corrected chi connectivity index (χ0v) is 13.2. The summed E-state index contributed by atoms with van der Waals surface area (Å²) in [6.07, 6.45) is 9.75. The van der Waals surface area contributed by atoms with Gasteiger partial charge < -0.3 is 5.73 Å². The van der Waals surface area contributed by atoms with Crippen molar-refractivity contribution in [3.63, 3.8) is 0 Å². The lowest BCUT2D eigenvalue weighted by molar-refractivity contribution is 0.584. The molecule has 20 heavy (non-hydrogen) atoms. The van der Waals surface area contributed by atoms with E-state index in [-0.39, 0.29) is 5.69 Å². The van der Waals surface area contributed by atoms with Crippen molar-refractivity contribution in [2.45, 2.75) is 63.2 Å². The van der Waals surface area contributed by atoms with Crippen LogP contribution in [0.3, 0.4) is 0 Å². The van der Waals surface area contributed by atoms with Crippen LogP contribution in [0.5, 0.6) is 0 Å². The van der Waals surface area contributed by atoms with Crippen molar-refractivity contribution in [3.05, 3.63) is 24.0 Å². The summed E-state index contributed by atoms with van der Waals surface area (Å²) >= 11 is 0. The highest BCUT2D eigenvalue weighted by Gasteiger charge is 2.06. The molecule has 1 unspecified atom stereocenters. The molecule has 2 N–H and O–H groups in total. The number of nitrogens with two attached hydrogens (primary N) is 1. The van der Waals surface area contributed by atoms with E-state index in [0.29, 0.717) is 10.6 Å². The monoisotopic (exact) mass is 299 g/mol. The van der Waals surface area contributed by atoms with Gasteiger partial charge in [0.05, 0.1) is 16.5 Å². The Labute approximate surface area is 124 Å². The average molecular weight is 299 g/mol. The number of nitrogen functional groups attached to an aromatic ring is 1. The van der Waals surface area contributed by atoms with Gasteiger partial charge in [0.15, 0.2) is 0 Å². The molecule has 0 bridgehead atoms. The van der Waals surface area contributed by atoms with E-state index in [1.807, 2.05) is 0 Å². The zero-order valence-electron chi connectivity index (χ0n) is 12.4. The quantitative estimate of drug-likeness (QED) is 0.504. The molecule has 0 aliphatic heterocycles. The lowest BCUT2D eigenvalue weighted by atomic mass is 10.1. The molecule has 0 heterocycles. The highest BCUT2D eigenvalue weighted by Crippen LogP contribution is 2.16. The van der Waals surface area contributed by atoms with E-state index < -0.39 is 16.6 Å². The number of unbranched alkanes of at least 4 members (excludes halogenated alkanes) is 7. The van der Waals surface area contributed by atoms with Crippen LogP contribution in [-0.2, 0) is 10.8 Å². The molecule has 4 heteroatoms. The summed E-state index contributed by atoms with van der Waals surface area (Å²) in [5, 5.41) is 0. The van der Waals surface area contributed by atoms with Gasteiger partial charge in [0.2, 0.25) is 0 Å². The van der Waals surface area contributed by atoms with Gasteiger partial charge in [-0.2, -0.15) is 0 Å². The summed E-state index contributed by atoms with van der Waals surface area (Å²) in [5.41, 5.74) is 5.51. The maximum absolute atomic E-state index is 13.3. The molecule has 0 radical (unpaired) electrons. The Bertz CT molecular complexity index is 423. The third kappa shape index (κ3) is 6.51. The molecule has 1 aromatic carbocycles. The standard InChI is InChI=1S/C16H26FNOS/c1-2-3-4-5-6-7-8-9-12-20(19)14-10-11-16(18)15(17)13-14/h10-11,13H,2-9,12,18H2,1H3. The molecule has 2 nitrogen and oxygen atoms in total. The Morgan fingerprint density at radius 1 is 1.05 bits per heavy atom. The van der Waals surface area contributed by atoms with E-state index in [2.05, 4.69) is 6.92 Å². The molecule has 1 aromatic rings. The summed E-state index contributed by atoms with van der Waals surface area (Å²) in [7, 11) is -1.11. The zero-order chi connectivity index (χ0) is 14.8. The molecule has 0 amide bonds. The normalized spacial score (nSPS) is 12.5. The van der Waals surface area contributed by atoms with E-state index in [1.165, 1.54) is 50.7 Å². The van der Waals surface area contributed by atoms with Crippen molar-refractivity contribution in [3.8, 4) is 0 Å². The van der Waals surface area contributed by atoms with Crippen molar-refractivity contribution in [1.29, 1.82) is 0 Å². The van der Waals surface area contributed by atoms with Crippen molar-refractivity contribution < 1.29 is 8.60 Å². The maximum Gasteiger partial charge on any atom is 0.147 e. The summed E-state index contributed by atoms with van der Waals surface area (Å²) in [6, 6.07) is 4.42. The molecule has 0 aliphatic rings. The lowest BCUT2D eigenvalue weighted by Crippen LogP contribution is -2.00. The molecule has 0 aromatic heterocycles. The fourth-order valence-corrected chi connectivity index (χ4v) is 3.29. The predicted octanol–water partition coefficient (Wildman–Crippen LogP) is 4.66. The molecule has 1 atom stereocenters. The van der Waals surface area contributed by atoms with Gasteiger partial charge in [0.25, 0.3) is 0 Å². The first kappa shape index (κ1) is 17.2. The SMILES string of the molecule is CCCCCCCCCCS(=O)c1ccc(N)c(F)c1. The molecule has 0 aliphatic carbocycles. The van der Waals surface area contributed by atoms with Gasteiger partial charge >= 0.3 is 0 Å². The second-order valence-electron chi connectivity index (χ2n) is 5.21. The molecule has 114 valence electrons. The number of hydrogen-bond acceptors (Lipinski definition) is 2. The average Bonchev–Trinajstić information content (AvgIpc) is 2.44. The fraction of sp³-hybridized carbons (Fsp3) is 0.625. The van der Waals surface area contributed by atoms with Crippen molar-refractivity contribution >= 4 is 16.5 Å². The van der Waals surface area contributed by atoms with Gasteiger partial charge in [-0.3, -0.25) is 4.21 Å². The Morgan fingerprint density at radius 3 is 2.25 bits per heavy atom. The largest absolute Gasteiger partial charge is 0.396 e. The third-order valence-electron chi connectivity index (χ3n) is 3.42. The second kappa shape index (κ2) is 9.92. The van der Waals surface area contributed by atoms with E-state index in [4.69, 9.17) is 5.73 Å². The van der Waals surface area contributed by atoms with Crippen LogP contribution in [0.25, 0.3) is 0 Å². The molecular weight excluding hydrogens is 273 g/mol. The van der Waals surface area contributed by atoms with Gasteiger partial charge in [0.1, 0.15) is 5.82 Å². The summed E-state index contributed by atoms with van der Waals surface area (Å²) < 4.78 is 25.3. The van der Waals surface area contributed by atoms with Gasteiger partial charge in [-0.05, 0) is 24.6 Å².